The van der Waals surface area contributed by atoms with E-state index in [2.05, 4.69) is 19.2 Å². The molecule has 1 nitrogen and oxygen atoms in total. The van der Waals surface area contributed by atoms with Crippen LogP contribution in [0.2, 0.25) is 0 Å². The molecule has 0 bridgehead atoms. The van der Waals surface area contributed by atoms with Crippen LogP contribution in [-0.2, 0) is 4.52 Å². The van der Waals surface area contributed by atoms with Gasteiger partial charge in [-0.25, -0.2) is 0 Å². The quantitative estimate of drug-likeness (QED) is 0.512. The van der Waals surface area contributed by atoms with Crippen LogP contribution in [-0.4, -0.2) is 18.5 Å². The Morgan fingerprint density at radius 2 is 2.40 bits per heavy atom. The SMILES string of the molecule is CC[PH]1(S)OCCCCS1. The minimum atomic E-state index is -1.55. The van der Waals surface area contributed by atoms with Gasteiger partial charge >= 0.3 is 72.3 Å². The molecular weight excluding hydrogens is 183 g/mol. The number of hydrogen-bond acceptors (Lipinski definition) is 3. The van der Waals surface area contributed by atoms with E-state index in [1.165, 1.54) is 18.6 Å². The summed E-state index contributed by atoms with van der Waals surface area (Å²) in [4.78, 5) is 0. The Hall–Kier alpha value is 1.09. The molecule has 1 aliphatic heterocycles. The van der Waals surface area contributed by atoms with E-state index < -0.39 is 5.89 Å². The predicted molar refractivity (Wildman–Crippen MR) is 55.5 cm³/mol. The molecule has 0 saturated carbocycles. The molecule has 0 amide bonds. The van der Waals surface area contributed by atoms with Gasteiger partial charge in [0.05, 0.1) is 0 Å². The van der Waals surface area contributed by atoms with Crippen molar-refractivity contribution in [3.63, 3.8) is 0 Å². The Morgan fingerprint density at radius 1 is 1.60 bits per heavy atom. The molecular formula is C6H15OPS2. The van der Waals surface area contributed by atoms with Crippen LogP contribution in [0.15, 0.2) is 0 Å². The first-order chi connectivity index (χ1) is 4.77. The van der Waals surface area contributed by atoms with Gasteiger partial charge in [0.2, 0.25) is 0 Å². The summed E-state index contributed by atoms with van der Waals surface area (Å²) >= 11 is 6.57. The van der Waals surface area contributed by atoms with Crippen LogP contribution >= 0.6 is 29.5 Å². The van der Waals surface area contributed by atoms with Gasteiger partial charge in [-0.2, -0.15) is 0 Å². The summed E-state index contributed by atoms with van der Waals surface area (Å²) < 4.78 is 5.71. The fraction of sp³-hybridized carbons (Fsp3) is 1.00. The van der Waals surface area contributed by atoms with Gasteiger partial charge in [0, 0.05) is 0 Å². The second-order valence-electron chi connectivity index (χ2n) is 2.47. The van der Waals surface area contributed by atoms with Crippen molar-refractivity contribution < 1.29 is 4.52 Å². The van der Waals surface area contributed by atoms with Crippen LogP contribution in [0.5, 0.6) is 0 Å². The van der Waals surface area contributed by atoms with Crippen molar-refractivity contribution in [2.24, 2.45) is 0 Å². The first kappa shape index (κ1) is 9.18. The molecule has 0 aromatic heterocycles. The number of rotatable bonds is 1. The topological polar surface area (TPSA) is 9.23 Å². The average Bonchev–Trinajstić information content (AvgIpc) is 2.15. The molecule has 0 radical (unpaired) electrons. The zero-order valence-electron chi connectivity index (χ0n) is 6.30. The maximum atomic E-state index is 5.71. The van der Waals surface area contributed by atoms with Gasteiger partial charge in [0.25, 0.3) is 0 Å². The van der Waals surface area contributed by atoms with Gasteiger partial charge in [-0.05, 0) is 0 Å². The van der Waals surface area contributed by atoms with Gasteiger partial charge in [0.15, 0.2) is 0 Å². The summed E-state index contributed by atoms with van der Waals surface area (Å²) in [6.45, 7) is 3.12. The molecule has 62 valence electrons. The maximum absolute atomic E-state index is 5.71. The normalized spacial score (nSPS) is 29.0. The molecule has 0 aromatic carbocycles. The number of thiol groups is 1. The van der Waals surface area contributed by atoms with E-state index in [0.717, 1.165) is 12.8 Å². The summed E-state index contributed by atoms with van der Waals surface area (Å²) in [5, 5.41) is 0. The molecule has 0 unspecified atom stereocenters. The van der Waals surface area contributed by atoms with Crippen LogP contribution < -0.4 is 0 Å². The molecule has 1 rings (SSSR count). The number of hydrogen-bond donors (Lipinski definition) is 1. The first-order valence-electron chi connectivity index (χ1n) is 3.77. The zero-order chi connectivity index (χ0) is 7.45. The summed E-state index contributed by atoms with van der Waals surface area (Å²) in [6, 6.07) is 0. The molecule has 0 aliphatic carbocycles. The molecule has 0 aromatic rings. The second kappa shape index (κ2) is 4.20. The van der Waals surface area contributed by atoms with Crippen molar-refractivity contribution in [3.8, 4) is 0 Å². The Morgan fingerprint density at radius 3 is 3.10 bits per heavy atom. The van der Waals surface area contributed by atoms with Gasteiger partial charge < -0.3 is 0 Å². The van der Waals surface area contributed by atoms with E-state index in [4.69, 9.17) is 4.52 Å². The molecule has 0 spiro atoms. The van der Waals surface area contributed by atoms with Crippen molar-refractivity contribution in [2.45, 2.75) is 19.8 Å². The fourth-order valence-corrected chi connectivity index (χ4v) is 6.13. The summed E-state index contributed by atoms with van der Waals surface area (Å²) in [5.41, 5.74) is 0. The summed E-state index contributed by atoms with van der Waals surface area (Å²) in [7, 11) is 0. The third-order valence-electron chi connectivity index (χ3n) is 1.64. The van der Waals surface area contributed by atoms with Crippen molar-refractivity contribution in [1.82, 2.24) is 0 Å². The Kier molecular flexibility index (Phi) is 3.86. The van der Waals surface area contributed by atoms with Crippen molar-refractivity contribution in [3.05, 3.63) is 0 Å². The molecule has 10 heavy (non-hydrogen) atoms. The Bertz CT molecular complexity index is 102. The molecule has 0 N–H and O–H groups in total. The molecule has 1 saturated heterocycles. The molecule has 1 heterocycles. The van der Waals surface area contributed by atoms with E-state index in [0.29, 0.717) is 0 Å². The van der Waals surface area contributed by atoms with E-state index in [9.17, 15) is 0 Å². The summed E-state index contributed by atoms with van der Waals surface area (Å²) in [6.07, 6.45) is 3.66. The molecule has 4 heteroatoms. The zero-order valence-corrected chi connectivity index (χ0v) is 9.01. The van der Waals surface area contributed by atoms with Crippen LogP contribution in [0.1, 0.15) is 19.8 Å². The van der Waals surface area contributed by atoms with E-state index in [1.807, 2.05) is 11.4 Å². The summed E-state index contributed by atoms with van der Waals surface area (Å²) in [5.74, 6) is -0.296. The van der Waals surface area contributed by atoms with E-state index >= 15 is 0 Å². The van der Waals surface area contributed by atoms with Crippen LogP contribution in [0, 0.1) is 0 Å². The van der Waals surface area contributed by atoms with Crippen LogP contribution in [0.3, 0.4) is 0 Å². The van der Waals surface area contributed by atoms with E-state index in [1.54, 1.807) is 0 Å². The standard InChI is InChI=1S/C6H15OPS2/c1-2-8(9)7-5-3-4-6-10-8/h8-9H,2-6H2,1H3. The van der Waals surface area contributed by atoms with Crippen LogP contribution in [0.4, 0.5) is 0 Å². The predicted octanol–water partition coefficient (Wildman–Crippen LogP) is 2.97. The van der Waals surface area contributed by atoms with Gasteiger partial charge in [-0.15, -0.1) is 0 Å². The molecule has 1 aliphatic rings. The van der Waals surface area contributed by atoms with Crippen molar-refractivity contribution in [2.75, 3.05) is 18.5 Å². The third kappa shape index (κ3) is 2.61. The van der Waals surface area contributed by atoms with Gasteiger partial charge in [-0.1, -0.05) is 0 Å². The van der Waals surface area contributed by atoms with Crippen molar-refractivity contribution >= 4 is 29.5 Å². The monoisotopic (exact) mass is 198 g/mol. The third-order valence-corrected chi connectivity index (χ3v) is 9.82. The fourth-order valence-electron chi connectivity index (χ4n) is 0.913. The van der Waals surface area contributed by atoms with Crippen molar-refractivity contribution in [1.29, 1.82) is 0 Å². The van der Waals surface area contributed by atoms with Gasteiger partial charge in [0.1, 0.15) is 0 Å². The molecule has 0 atom stereocenters. The minimum absolute atomic E-state index is 0.941. The van der Waals surface area contributed by atoms with Gasteiger partial charge in [-0.3, -0.25) is 0 Å². The Balaban J connectivity index is 2.41. The second-order valence-corrected chi connectivity index (χ2v) is 11.5. The first-order valence-corrected chi connectivity index (χ1v) is 8.88. The van der Waals surface area contributed by atoms with E-state index in [-0.39, 0.29) is 0 Å². The Labute approximate surface area is 72.6 Å². The molecule has 1 fully saturated rings. The average molecular weight is 198 g/mol. The van der Waals surface area contributed by atoms with Crippen LogP contribution in [0.25, 0.3) is 0 Å².